The third-order valence-corrected chi connectivity index (χ3v) is 8.60. The van der Waals surface area contributed by atoms with Crippen molar-refractivity contribution >= 4 is 54.9 Å². The van der Waals surface area contributed by atoms with Crippen molar-refractivity contribution in [3.63, 3.8) is 0 Å². The van der Waals surface area contributed by atoms with Crippen LogP contribution in [0.15, 0.2) is 76.5 Å². The van der Waals surface area contributed by atoms with E-state index in [1.54, 1.807) is 12.1 Å². The lowest BCUT2D eigenvalue weighted by atomic mass is 10.2. The summed E-state index contributed by atoms with van der Waals surface area (Å²) in [7, 11) is -7.94. The Morgan fingerprint density at radius 2 is 1.69 bits per heavy atom. The molecule has 1 aliphatic rings. The lowest BCUT2D eigenvalue weighted by Gasteiger charge is -2.20. The summed E-state index contributed by atoms with van der Waals surface area (Å²) in [5.74, 6) is -1.62. The number of primary sulfonamides is 1. The normalized spacial score (nSPS) is 13.2. The highest BCUT2D eigenvalue weighted by molar-refractivity contribution is 7.93. The van der Waals surface area contributed by atoms with Gasteiger partial charge in [0, 0.05) is 12.2 Å². The number of halogens is 1. The van der Waals surface area contributed by atoms with E-state index in [1.165, 1.54) is 40.7 Å². The van der Waals surface area contributed by atoms with Gasteiger partial charge in [0.1, 0.15) is 4.90 Å². The molecule has 10 nitrogen and oxygen atoms in total. The van der Waals surface area contributed by atoms with Crippen LogP contribution in [0.3, 0.4) is 0 Å². The first-order valence-corrected chi connectivity index (χ1v) is 13.8. The first kappa shape index (κ1) is 25.6. The van der Waals surface area contributed by atoms with Crippen molar-refractivity contribution in [2.24, 2.45) is 5.14 Å². The van der Waals surface area contributed by atoms with Gasteiger partial charge in [-0.2, -0.15) is 0 Å². The molecule has 0 bridgehead atoms. The first-order chi connectivity index (χ1) is 17.0. The van der Waals surface area contributed by atoms with Crippen LogP contribution in [-0.2, 0) is 36.0 Å². The van der Waals surface area contributed by atoms with Gasteiger partial charge in [0.15, 0.2) is 6.61 Å². The largest absolute Gasteiger partial charge is 0.452 e. The molecule has 3 aromatic rings. The van der Waals surface area contributed by atoms with E-state index < -0.39 is 38.5 Å². The van der Waals surface area contributed by atoms with E-state index in [0.29, 0.717) is 12.1 Å². The summed E-state index contributed by atoms with van der Waals surface area (Å²) in [5, 5.41) is 7.41. The Hall–Kier alpha value is -3.45. The number of benzene rings is 3. The molecule has 0 spiro atoms. The maximum Gasteiger partial charge on any atom is 0.338 e. The summed E-state index contributed by atoms with van der Waals surface area (Å²) in [6, 6.07) is 15.9. The topological polar surface area (TPSA) is 153 Å². The second-order valence-corrected chi connectivity index (χ2v) is 11.6. The molecule has 1 heterocycles. The maximum atomic E-state index is 13.3. The molecule has 188 valence electrons. The van der Waals surface area contributed by atoms with Crippen LogP contribution in [0.25, 0.3) is 0 Å². The summed E-state index contributed by atoms with van der Waals surface area (Å²) >= 11 is 6.18. The Morgan fingerprint density at radius 3 is 2.39 bits per heavy atom. The molecule has 0 aliphatic carbocycles. The van der Waals surface area contributed by atoms with Crippen LogP contribution in [0.1, 0.15) is 15.9 Å². The highest BCUT2D eigenvalue weighted by atomic mass is 35.5. The highest BCUT2D eigenvalue weighted by Gasteiger charge is 2.32. The monoisotopic (exact) mass is 549 g/mol. The van der Waals surface area contributed by atoms with Crippen molar-refractivity contribution in [3.05, 3.63) is 82.9 Å². The predicted molar refractivity (Wildman–Crippen MR) is 133 cm³/mol. The van der Waals surface area contributed by atoms with Crippen molar-refractivity contribution in [1.29, 1.82) is 0 Å². The number of carbonyl (C=O) groups excluding carboxylic acids is 2. The van der Waals surface area contributed by atoms with Gasteiger partial charge in [0.25, 0.3) is 15.9 Å². The number of rotatable bonds is 7. The minimum Gasteiger partial charge on any atom is -0.452 e. The molecule has 1 aliphatic heterocycles. The van der Waals surface area contributed by atoms with E-state index >= 15 is 0 Å². The molecule has 36 heavy (non-hydrogen) atoms. The number of nitrogens with one attached hydrogen (secondary N) is 1. The molecule has 4 rings (SSSR count). The number of ether oxygens (including phenoxy) is 1. The molecule has 3 aromatic carbocycles. The minimum atomic E-state index is -4.06. The number of carbonyl (C=O) groups is 2. The highest BCUT2D eigenvalue weighted by Crippen LogP contribution is 2.35. The lowest BCUT2D eigenvalue weighted by molar-refractivity contribution is -0.119. The second-order valence-electron chi connectivity index (χ2n) is 7.79. The van der Waals surface area contributed by atoms with Gasteiger partial charge in [-0.3, -0.25) is 9.10 Å². The zero-order chi connectivity index (χ0) is 26.1. The quantitative estimate of drug-likeness (QED) is 0.429. The molecular weight excluding hydrogens is 530 g/mol. The van der Waals surface area contributed by atoms with Crippen LogP contribution in [0.2, 0.25) is 5.02 Å². The van der Waals surface area contributed by atoms with Crippen LogP contribution in [0.5, 0.6) is 0 Å². The van der Waals surface area contributed by atoms with E-state index in [2.05, 4.69) is 5.32 Å². The molecule has 13 heteroatoms. The average molecular weight is 550 g/mol. The van der Waals surface area contributed by atoms with Crippen molar-refractivity contribution in [2.75, 3.05) is 22.8 Å². The standard InChI is InChI=1S/C23H20ClN3O7S2/c24-19-10-5-16(13-21(19)36(32,33)27-12-11-15-3-1-2-4-20(15)27)23(29)34-14-22(28)26-17-6-8-18(9-7-17)35(25,30)31/h1-10,13H,11-12,14H2,(H,26,28)(H2,25,30,31). The Bertz CT molecular complexity index is 1560. The predicted octanol–water partition coefficient (Wildman–Crippen LogP) is 2.53. The zero-order valence-corrected chi connectivity index (χ0v) is 20.9. The van der Waals surface area contributed by atoms with Crippen LogP contribution < -0.4 is 14.8 Å². The number of fused-ring (bicyclic) bond motifs is 1. The number of nitrogens with zero attached hydrogens (tertiary/aromatic N) is 1. The number of hydrogen-bond donors (Lipinski definition) is 2. The summed E-state index contributed by atoms with van der Waals surface area (Å²) < 4.78 is 55.5. The lowest BCUT2D eigenvalue weighted by Crippen LogP contribution is -2.29. The SMILES string of the molecule is NS(=O)(=O)c1ccc(NC(=O)COC(=O)c2ccc(Cl)c(S(=O)(=O)N3CCc4ccccc43)c2)cc1. The molecule has 0 saturated heterocycles. The molecular formula is C23H20ClN3O7S2. The number of sulfonamides is 2. The van der Waals surface area contributed by atoms with Gasteiger partial charge in [-0.25, -0.2) is 26.8 Å². The number of para-hydroxylation sites is 1. The molecule has 0 fully saturated rings. The van der Waals surface area contributed by atoms with Crippen LogP contribution in [0.4, 0.5) is 11.4 Å². The molecule has 0 aromatic heterocycles. The van der Waals surface area contributed by atoms with Gasteiger partial charge in [-0.05, 0) is 60.5 Å². The fourth-order valence-corrected chi connectivity index (χ4v) is 6.17. The van der Waals surface area contributed by atoms with Crippen molar-refractivity contribution < 1.29 is 31.2 Å². The van der Waals surface area contributed by atoms with Gasteiger partial charge in [0.2, 0.25) is 10.0 Å². The maximum absolute atomic E-state index is 13.3. The Balaban J connectivity index is 1.44. The van der Waals surface area contributed by atoms with E-state index in [4.69, 9.17) is 21.5 Å². The molecule has 0 unspecified atom stereocenters. The summed E-state index contributed by atoms with van der Waals surface area (Å²) in [4.78, 5) is 24.3. The summed E-state index contributed by atoms with van der Waals surface area (Å²) in [6.45, 7) is -0.426. The van der Waals surface area contributed by atoms with Crippen LogP contribution >= 0.6 is 11.6 Å². The van der Waals surface area contributed by atoms with Crippen LogP contribution in [-0.4, -0.2) is 41.9 Å². The summed E-state index contributed by atoms with van der Waals surface area (Å²) in [6.07, 6.45) is 0.550. The van der Waals surface area contributed by atoms with Gasteiger partial charge in [-0.15, -0.1) is 0 Å². The zero-order valence-electron chi connectivity index (χ0n) is 18.5. The van der Waals surface area contributed by atoms with E-state index in [9.17, 15) is 26.4 Å². The minimum absolute atomic E-state index is 0.0587. The van der Waals surface area contributed by atoms with Crippen molar-refractivity contribution in [3.8, 4) is 0 Å². The first-order valence-electron chi connectivity index (χ1n) is 10.5. The molecule has 0 saturated carbocycles. The third kappa shape index (κ3) is 5.36. The molecule has 1 amide bonds. The Morgan fingerprint density at radius 1 is 1.00 bits per heavy atom. The number of amides is 1. The van der Waals surface area contributed by atoms with E-state index in [-0.39, 0.29) is 32.6 Å². The van der Waals surface area contributed by atoms with Gasteiger partial charge >= 0.3 is 5.97 Å². The number of nitrogens with two attached hydrogens (primary N) is 1. The summed E-state index contributed by atoms with van der Waals surface area (Å²) in [5.41, 5.74) is 1.60. The number of esters is 1. The van der Waals surface area contributed by atoms with Crippen LogP contribution in [0, 0.1) is 0 Å². The van der Waals surface area contributed by atoms with Crippen molar-refractivity contribution in [1.82, 2.24) is 0 Å². The van der Waals surface area contributed by atoms with E-state index in [1.807, 2.05) is 12.1 Å². The fourth-order valence-electron chi connectivity index (χ4n) is 3.64. The van der Waals surface area contributed by atoms with Crippen molar-refractivity contribution in [2.45, 2.75) is 16.2 Å². The number of hydrogen-bond acceptors (Lipinski definition) is 7. The Labute approximate surface area is 212 Å². The molecule has 0 atom stereocenters. The van der Waals surface area contributed by atoms with Gasteiger partial charge in [0.05, 0.1) is 21.2 Å². The molecule has 0 radical (unpaired) electrons. The van der Waals surface area contributed by atoms with Gasteiger partial charge < -0.3 is 10.1 Å². The third-order valence-electron chi connectivity index (χ3n) is 5.38. The second kappa shape index (κ2) is 9.90. The molecule has 3 N–H and O–H groups in total. The smallest absolute Gasteiger partial charge is 0.338 e. The number of anilines is 2. The fraction of sp³-hybridized carbons (Fsp3) is 0.130. The van der Waals surface area contributed by atoms with Gasteiger partial charge in [-0.1, -0.05) is 29.8 Å². The Kier molecular flexibility index (Phi) is 7.05. The van der Waals surface area contributed by atoms with E-state index in [0.717, 1.165) is 11.6 Å². The average Bonchev–Trinajstić information content (AvgIpc) is 3.27.